The minimum Gasteiger partial charge on any atom is -0.481 e. The summed E-state index contributed by atoms with van der Waals surface area (Å²) in [4.78, 5) is 32.5. The molecule has 12 heteroatoms. The van der Waals surface area contributed by atoms with Crippen LogP contribution in [-0.2, 0) is 11.0 Å². The molecule has 2 unspecified atom stereocenters. The summed E-state index contributed by atoms with van der Waals surface area (Å²) in [6.45, 7) is 1.69. The molecule has 178 valence electrons. The molecule has 1 aliphatic carbocycles. The van der Waals surface area contributed by atoms with E-state index in [4.69, 9.17) is 9.84 Å². The number of Topliss-reactive ketones (excluding diaryl/α,β-unsaturated/α-hetero) is 1. The number of hydrogen-bond donors (Lipinski definition) is 1. The minimum atomic E-state index is -4.77. The fourth-order valence-electron chi connectivity index (χ4n) is 3.30. The van der Waals surface area contributed by atoms with E-state index in [0.717, 1.165) is 32.1 Å². The van der Waals surface area contributed by atoms with E-state index < -0.39 is 59.0 Å². The standard InChI is InChI=1S/C21H20F5N3O4/c1-20(2,23)9-29(14-6-10(21(24,25)26)4-5-13(14)22)15-8-27-16(18(28-15)33-3)17(30)11-7-12(11)19(31)32/h4-6,8,11-12H,7,9H2,1-3H3,(H,31,32). The number of benzene rings is 1. The molecule has 7 nitrogen and oxygen atoms in total. The molecule has 2 atom stereocenters. The highest BCUT2D eigenvalue weighted by molar-refractivity contribution is 6.02. The van der Waals surface area contributed by atoms with E-state index in [-0.39, 0.29) is 23.8 Å². The number of carboxylic acids is 1. The Bertz CT molecular complexity index is 1080. The van der Waals surface area contributed by atoms with Crippen LogP contribution in [-0.4, -0.2) is 46.2 Å². The van der Waals surface area contributed by atoms with Crippen molar-refractivity contribution < 1.29 is 41.4 Å². The lowest BCUT2D eigenvalue weighted by Gasteiger charge is -2.29. The average molecular weight is 473 g/mol. The summed E-state index contributed by atoms with van der Waals surface area (Å²) < 4.78 is 73.7. The van der Waals surface area contributed by atoms with Gasteiger partial charge in [-0.05, 0) is 38.5 Å². The molecule has 0 aliphatic heterocycles. The number of alkyl halides is 4. The van der Waals surface area contributed by atoms with Crippen molar-refractivity contribution in [2.24, 2.45) is 11.8 Å². The Morgan fingerprint density at radius 1 is 1.21 bits per heavy atom. The number of halogens is 5. The van der Waals surface area contributed by atoms with Crippen LogP contribution >= 0.6 is 0 Å². The Morgan fingerprint density at radius 2 is 1.88 bits per heavy atom. The van der Waals surface area contributed by atoms with Gasteiger partial charge in [-0.25, -0.2) is 13.8 Å². The van der Waals surface area contributed by atoms with Gasteiger partial charge in [-0.15, -0.1) is 0 Å². The third-order valence-corrected chi connectivity index (χ3v) is 4.97. The van der Waals surface area contributed by atoms with Crippen molar-refractivity contribution in [3.8, 4) is 5.88 Å². The number of ketones is 1. The Balaban J connectivity index is 2.06. The predicted octanol–water partition coefficient (Wildman–Crippen LogP) is 4.43. The van der Waals surface area contributed by atoms with Gasteiger partial charge in [-0.1, -0.05) is 0 Å². The van der Waals surface area contributed by atoms with Crippen LogP contribution in [0.4, 0.5) is 33.5 Å². The van der Waals surface area contributed by atoms with Gasteiger partial charge in [0.25, 0.3) is 0 Å². The van der Waals surface area contributed by atoms with Crippen molar-refractivity contribution in [1.29, 1.82) is 0 Å². The molecule has 1 aromatic carbocycles. The molecule has 33 heavy (non-hydrogen) atoms. The van der Waals surface area contributed by atoms with Crippen LogP contribution in [0.1, 0.15) is 36.3 Å². The molecule has 1 saturated carbocycles. The quantitative estimate of drug-likeness (QED) is 0.448. The average Bonchev–Trinajstić information content (AvgIpc) is 3.51. The number of anilines is 2. The van der Waals surface area contributed by atoms with Gasteiger partial charge >= 0.3 is 12.1 Å². The molecule has 1 fully saturated rings. The maximum absolute atomic E-state index is 14.6. The highest BCUT2D eigenvalue weighted by Crippen LogP contribution is 2.42. The fourth-order valence-corrected chi connectivity index (χ4v) is 3.30. The molecule has 3 rings (SSSR count). The first-order valence-corrected chi connectivity index (χ1v) is 9.74. The number of nitrogens with zero attached hydrogens (tertiary/aromatic N) is 3. The number of methoxy groups -OCH3 is 1. The zero-order chi connectivity index (χ0) is 24.7. The Morgan fingerprint density at radius 3 is 2.39 bits per heavy atom. The van der Waals surface area contributed by atoms with E-state index in [9.17, 15) is 31.5 Å². The molecule has 1 aliphatic rings. The Hall–Kier alpha value is -3.31. The van der Waals surface area contributed by atoms with Crippen LogP contribution in [0.25, 0.3) is 0 Å². The van der Waals surface area contributed by atoms with Gasteiger partial charge in [-0.2, -0.15) is 18.2 Å². The third-order valence-electron chi connectivity index (χ3n) is 4.97. The first kappa shape index (κ1) is 24.3. The molecule has 0 spiro atoms. The second-order valence-electron chi connectivity index (χ2n) is 8.21. The van der Waals surface area contributed by atoms with E-state index in [2.05, 4.69) is 9.97 Å². The highest BCUT2D eigenvalue weighted by Gasteiger charge is 2.49. The third kappa shape index (κ3) is 5.37. The summed E-state index contributed by atoms with van der Waals surface area (Å²) in [6, 6.07) is 1.69. The lowest BCUT2D eigenvalue weighted by atomic mass is 10.1. The van der Waals surface area contributed by atoms with Crippen molar-refractivity contribution in [3.63, 3.8) is 0 Å². The lowest BCUT2D eigenvalue weighted by Crippen LogP contribution is -2.34. The van der Waals surface area contributed by atoms with Gasteiger partial charge in [0.05, 0.1) is 37.0 Å². The normalized spacial score (nSPS) is 18.1. The van der Waals surface area contributed by atoms with Gasteiger partial charge < -0.3 is 14.7 Å². The summed E-state index contributed by atoms with van der Waals surface area (Å²) in [7, 11) is 1.15. The van der Waals surface area contributed by atoms with Gasteiger partial charge in [-0.3, -0.25) is 9.59 Å². The molecule has 2 aromatic rings. The number of carboxylic acid groups (broad SMARTS) is 1. The Labute approximate surface area is 185 Å². The monoisotopic (exact) mass is 473 g/mol. The maximum atomic E-state index is 14.6. The molecule has 0 radical (unpaired) electrons. The van der Waals surface area contributed by atoms with Crippen LogP contribution in [0, 0.1) is 17.7 Å². The molecule has 1 aromatic heterocycles. The fraction of sp³-hybridized carbons (Fsp3) is 0.429. The molecule has 0 saturated heterocycles. The second-order valence-corrected chi connectivity index (χ2v) is 8.21. The minimum absolute atomic E-state index is 0.123. The largest absolute Gasteiger partial charge is 0.481 e. The van der Waals surface area contributed by atoms with Gasteiger partial charge in [0.1, 0.15) is 11.5 Å². The van der Waals surface area contributed by atoms with E-state index >= 15 is 0 Å². The molecular weight excluding hydrogens is 453 g/mol. The summed E-state index contributed by atoms with van der Waals surface area (Å²) in [6.07, 6.45) is -3.68. The SMILES string of the molecule is COc1nc(N(CC(C)(C)F)c2cc(C(F)(F)F)ccc2F)cnc1C(=O)C1CC1C(=O)O. The van der Waals surface area contributed by atoms with Crippen LogP contribution in [0.3, 0.4) is 0 Å². The van der Waals surface area contributed by atoms with Crippen molar-refractivity contribution in [2.75, 3.05) is 18.6 Å². The van der Waals surface area contributed by atoms with Gasteiger partial charge in [0.2, 0.25) is 5.88 Å². The van der Waals surface area contributed by atoms with Crippen LogP contribution < -0.4 is 9.64 Å². The molecule has 1 N–H and O–H groups in total. The van der Waals surface area contributed by atoms with Crippen molar-refractivity contribution in [3.05, 3.63) is 41.5 Å². The highest BCUT2D eigenvalue weighted by atomic mass is 19.4. The van der Waals surface area contributed by atoms with Crippen LogP contribution in [0.15, 0.2) is 24.4 Å². The first-order chi connectivity index (χ1) is 15.2. The van der Waals surface area contributed by atoms with Crippen LogP contribution in [0.2, 0.25) is 0 Å². The zero-order valence-corrected chi connectivity index (χ0v) is 17.8. The lowest BCUT2D eigenvalue weighted by molar-refractivity contribution is -0.139. The molecular formula is C21H20F5N3O4. The van der Waals surface area contributed by atoms with Crippen molar-refractivity contribution in [1.82, 2.24) is 9.97 Å². The van der Waals surface area contributed by atoms with E-state index in [1.807, 2.05) is 0 Å². The smallest absolute Gasteiger partial charge is 0.416 e. The molecule has 0 amide bonds. The van der Waals surface area contributed by atoms with Gasteiger partial charge in [0, 0.05) is 5.92 Å². The number of ether oxygens (including phenoxy) is 1. The zero-order valence-electron chi connectivity index (χ0n) is 17.8. The van der Waals surface area contributed by atoms with E-state index in [1.54, 1.807) is 0 Å². The van der Waals surface area contributed by atoms with E-state index in [0.29, 0.717) is 18.2 Å². The number of rotatable bonds is 8. The van der Waals surface area contributed by atoms with E-state index in [1.165, 1.54) is 0 Å². The Kier molecular flexibility index (Phi) is 6.31. The number of carbonyl (C=O) groups is 2. The first-order valence-electron chi connectivity index (χ1n) is 9.74. The topological polar surface area (TPSA) is 92.6 Å². The number of hydrogen-bond acceptors (Lipinski definition) is 6. The summed E-state index contributed by atoms with van der Waals surface area (Å²) in [5, 5.41) is 9.03. The number of aliphatic carboxylic acids is 1. The van der Waals surface area contributed by atoms with Crippen molar-refractivity contribution >= 4 is 23.3 Å². The number of carbonyl (C=O) groups excluding carboxylic acids is 1. The van der Waals surface area contributed by atoms with Gasteiger partial charge in [0.15, 0.2) is 17.3 Å². The summed E-state index contributed by atoms with van der Waals surface area (Å²) in [5.41, 5.74) is -4.02. The summed E-state index contributed by atoms with van der Waals surface area (Å²) >= 11 is 0. The molecule has 1 heterocycles. The van der Waals surface area contributed by atoms with Crippen molar-refractivity contribution in [2.45, 2.75) is 32.1 Å². The van der Waals surface area contributed by atoms with Crippen LogP contribution in [0.5, 0.6) is 5.88 Å². The maximum Gasteiger partial charge on any atom is 0.416 e. The summed E-state index contributed by atoms with van der Waals surface area (Å²) in [5.74, 6) is -5.09. The number of aromatic nitrogens is 2. The predicted molar refractivity (Wildman–Crippen MR) is 106 cm³/mol. The molecule has 0 bridgehead atoms. The second kappa shape index (κ2) is 8.56.